The van der Waals surface area contributed by atoms with E-state index in [2.05, 4.69) is 53.9 Å². The summed E-state index contributed by atoms with van der Waals surface area (Å²) in [7, 11) is 1.87. The predicted octanol–water partition coefficient (Wildman–Crippen LogP) is 2.03. The van der Waals surface area contributed by atoms with Crippen LogP contribution < -0.4 is 5.32 Å². The van der Waals surface area contributed by atoms with Crippen LogP contribution in [0.1, 0.15) is 17.5 Å². The number of aliphatic imine (C=N–C) groups is 1. The molecule has 2 fully saturated rings. The normalized spacial score (nSPS) is 20.5. The highest BCUT2D eigenvalue weighted by molar-refractivity contribution is 14.0. The molecule has 7 nitrogen and oxygen atoms in total. The first-order chi connectivity index (χ1) is 13.8. The zero-order valence-corrected chi connectivity index (χ0v) is 19.4. The highest BCUT2D eigenvalue weighted by atomic mass is 127. The van der Waals surface area contributed by atoms with Crippen LogP contribution in [0.5, 0.6) is 0 Å². The van der Waals surface area contributed by atoms with Crippen LogP contribution in [0.4, 0.5) is 0 Å². The highest BCUT2D eigenvalue weighted by Crippen LogP contribution is 2.17. The van der Waals surface area contributed by atoms with Crippen LogP contribution in [0, 0.1) is 0 Å². The molecular weight excluding hydrogens is 479 g/mol. The Balaban J connectivity index is 0.00000240. The molecular formula is C21H31IN6O. The van der Waals surface area contributed by atoms with Crippen LogP contribution >= 0.6 is 24.0 Å². The molecule has 0 radical (unpaired) electrons. The average Bonchev–Trinajstić information content (AvgIpc) is 3.43. The summed E-state index contributed by atoms with van der Waals surface area (Å²) < 4.78 is 7.56. The van der Waals surface area contributed by atoms with Crippen molar-refractivity contribution in [1.29, 1.82) is 0 Å². The summed E-state index contributed by atoms with van der Waals surface area (Å²) in [5.41, 5.74) is 2.54. The fourth-order valence-corrected chi connectivity index (χ4v) is 4.04. The largest absolute Gasteiger partial charge is 0.379 e. The SMILES string of the molecule is CN=C(NCc1ccc(Cn2ccnc2)cc1)N1CCC(N2CCOCC2)C1.I. The molecule has 0 aliphatic carbocycles. The van der Waals surface area contributed by atoms with Crippen molar-refractivity contribution in [2.24, 2.45) is 4.99 Å². The minimum atomic E-state index is 0. The number of nitrogens with zero attached hydrogens (tertiary/aromatic N) is 5. The average molecular weight is 510 g/mol. The fraction of sp³-hybridized carbons (Fsp3) is 0.524. The molecule has 158 valence electrons. The first-order valence-electron chi connectivity index (χ1n) is 10.1. The third-order valence-corrected chi connectivity index (χ3v) is 5.63. The summed E-state index contributed by atoms with van der Waals surface area (Å²) in [4.78, 5) is 13.6. The molecule has 2 saturated heterocycles. The number of hydrogen-bond donors (Lipinski definition) is 1. The van der Waals surface area contributed by atoms with E-state index in [9.17, 15) is 0 Å². The first kappa shape index (κ1) is 22.0. The molecule has 1 unspecified atom stereocenters. The Morgan fingerprint density at radius 2 is 1.93 bits per heavy atom. The molecule has 0 amide bonds. The maximum absolute atomic E-state index is 5.48. The van der Waals surface area contributed by atoms with Crippen molar-refractivity contribution in [2.45, 2.75) is 25.6 Å². The van der Waals surface area contributed by atoms with Crippen LogP contribution in [-0.4, -0.2) is 77.8 Å². The third kappa shape index (κ3) is 5.93. The fourth-order valence-electron chi connectivity index (χ4n) is 4.04. The number of hydrogen-bond acceptors (Lipinski definition) is 4. The number of imidazole rings is 1. The molecule has 2 aromatic rings. The summed E-state index contributed by atoms with van der Waals surface area (Å²) in [6, 6.07) is 9.36. The van der Waals surface area contributed by atoms with E-state index < -0.39 is 0 Å². The molecule has 2 aliphatic rings. The Morgan fingerprint density at radius 3 is 2.62 bits per heavy atom. The van der Waals surface area contributed by atoms with E-state index in [-0.39, 0.29) is 24.0 Å². The summed E-state index contributed by atoms with van der Waals surface area (Å²) in [5.74, 6) is 0.998. The van der Waals surface area contributed by atoms with Gasteiger partial charge in [-0.15, -0.1) is 24.0 Å². The maximum Gasteiger partial charge on any atom is 0.193 e. The first-order valence-corrected chi connectivity index (χ1v) is 10.1. The number of ether oxygens (including phenoxy) is 1. The number of benzene rings is 1. The van der Waals surface area contributed by atoms with Gasteiger partial charge in [0, 0.05) is 64.8 Å². The molecule has 0 spiro atoms. The Bertz CT molecular complexity index is 758. The van der Waals surface area contributed by atoms with Gasteiger partial charge in [-0.3, -0.25) is 9.89 Å². The quantitative estimate of drug-likeness (QED) is 0.379. The van der Waals surface area contributed by atoms with Crippen molar-refractivity contribution in [2.75, 3.05) is 46.4 Å². The van der Waals surface area contributed by atoms with Gasteiger partial charge < -0.3 is 19.5 Å². The predicted molar refractivity (Wildman–Crippen MR) is 126 cm³/mol. The molecule has 0 saturated carbocycles. The number of nitrogens with one attached hydrogen (secondary N) is 1. The van der Waals surface area contributed by atoms with Crippen molar-refractivity contribution in [3.05, 3.63) is 54.1 Å². The second-order valence-corrected chi connectivity index (χ2v) is 7.49. The molecule has 2 aliphatic heterocycles. The van der Waals surface area contributed by atoms with Crippen LogP contribution in [0.2, 0.25) is 0 Å². The van der Waals surface area contributed by atoms with Crippen molar-refractivity contribution < 1.29 is 4.74 Å². The number of rotatable bonds is 5. The number of aromatic nitrogens is 2. The molecule has 1 atom stereocenters. The monoisotopic (exact) mass is 510 g/mol. The van der Waals surface area contributed by atoms with Gasteiger partial charge in [-0.1, -0.05) is 24.3 Å². The van der Waals surface area contributed by atoms with E-state index in [1.165, 1.54) is 17.5 Å². The van der Waals surface area contributed by atoms with Gasteiger partial charge in [-0.25, -0.2) is 4.98 Å². The number of likely N-dealkylation sites (tertiary alicyclic amines) is 1. The lowest BCUT2D eigenvalue weighted by molar-refractivity contribution is 0.0195. The van der Waals surface area contributed by atoms with Gasteiger partial charge in [0.25, 0.3) is 0 Å². The zero-order valence-electron chi connectivity index (χ0n) is 17.0. The van der Waals surface area contributed by atoms with Gasteiger partial charge in [0.2, 0.25) is 0 Å². The van der Waals surface area contributed by atoms with Crippen molar-refractivity contribution in [3.8, 4) is 0 Å². The summed E-state index contributed by atoms with van der Waals surface area (Å²) >= 11 is 0. The highest BCUT2D eigenvalue weighted by Gasteiger charge is 2.30. The maximum atomic E-state index is 5.48. The Morgan fingerprint density at radius 1 is 1.17 bits per heavy atom. The van der Waals surface area contributed by atoms with E-state index in [4.69, 9.17) is 4.74 Å². The van der Waals surface area contributed by atoms with Gasteiger partial charge in [0.05, 0.1) is 19.5 Å². The van der Waals surface area contributed by atoms with E-state index in [0.29, 0.717) is 6.04 Å². The van der Waals surface area contributed by atoms with Crippen molar-refractivity contribution >= 4 is 29.9 Å². The number of guanidine groups is 1. The van der Waals surface area contributed by atoms with E-state index in [0.717, 1.165) is 58.4 Å². The van der Waals surface area contributed by atoms with Crippen molar-refractivity contribution in [3.63, 3.8) is 0 Å². The van der Waals surface area contributed by atoms with E-state index >= 15 is 0 Å². The van der Waals surface area contributed by atoms with Crippen LogP contribution in [0.25, 0.3) is 0 Å². The van der Waals surface area contributed by atoms with Gasteiger partial charge >= 0.3 is 0 Å². The minimum absolute atomic E-state index is 0. The van der Waals surface area contributed by atoms with Gasteiger partial charge in [0.15, 0.2) is 5.96 Å². The summed E-state index contributed by atoms with van der Waals surface area (Å²) in [6.45, 7) is 7.57. The number of halogens is 1. The lowest BCUT2D eigenvalue weighted by Crippen LogP contribution is -2.46. The molecule has 4 rings (SSSR count). The molecule has 1 aromatic heterocycles. The molecule has 3 heterocycles. The lowest BCUT2D eigenvalue weighted by Gasteiger charge is -2.32. The standard InChI is InChI=1S/C21H30N6O.HI/c1-22-21(27-8-6-20(16-27)26-10-12-28-13-11-26)24-14-18-2-4-19(5-3-18)15-25-9-7-23-17-25;/h2-5,7,9,17,20H,6,8,10-16H2,1H3,(H,22,24);1H. The minimum Gasteiger partial charge on any atom is -0.379 e. The Kier molecular flexibility index (Phi) is 8.31. The van der Waals surface area contributed by atoms with Crippen LogP contribution in [0.15, 0.2) is 48.0 Å². The Hall–Kier alpha value is -1.65. The molecule has 1 N–H and O–H groups in total. The lowest BCUT2D eigenvalue weighted by atomic mass is 10.1. The van der Waals surface area contributed by atoms with Crippen LogP contribution in [0.3, 0.4) is 0 Å². The topological polar surface area (TPSA) is 57.9 Å². The second kappa shape index (κ2) is 10.9. The van der Waals surface area contributed by atoms with E-state index in [1.54, 1.807) is 0 Å². The molecule has 29 heavy (non-hydrogen) atoms. The molecule has 1 aromatic carbocycles. The Labute approximate surface area is 190 Å². The van der Waals surface area contributed by atoms with Gasteiger partial charge in [-0.05, 0) is 17.5 Å². The second-order valence-electron chi connectivity index (χ2n) is 7.49. The zero-order chi connectivity index (χ0) is 19.2. The smallest absolute Gasteiger partial charge is 0.193 e. The van der Waals surface area contributed by atoms with Gasteiger partial charge in [-0.2, -0.15) is 0 Å². The molecule has 8 heteroatoms. The van der Waals surface area contributed by atoms with Crippen molar-refractivity contribution in [1.82, 2.24) is 24.7 Å². The summed E-state index contributed by atoms with van der Waals surface area (Å²) in [5, 5.41) is 3.53. The molecule has 0 bridgehead atoms. The van der Waals surface area contributed by atoms with Gasteiger partial charge in [0.1, 0.15) is 0 Å². The summed E-state index contributed by atoms with van der Waals surface area (Å²) in [6.07, 6.45) is 6.84. The third-order valence-electron chi connectivity index (χ3n) is 5.63. The van der Waals surface area contributed by atoms with Crippen LogP contribution in [-0.2, 0) is 17.8 Å². The number of morpholine rings is 1. The van der Waals surface area contributed by atoms with E-state index in [1.807, 2.05) is 25.8 Å².